The highest BCUT2D eigenvalue weighted by molar-refractivity contribution is 5.90. The molecule has 0 saturated heterocycles. The standard InChI is InChI=1S/C26H31N3O6/c1-25(2,3)19-10-7-17(8-11-19)14-29-15-20(27-28-29)16-34-23(30)18-9-12-21(22(13-18)33-6)35-26(4,5)24(31)32/h7-13,15H,14,16H2,1-6H3,(H,31,32). The Bertz CT molecular complexity index is 1190. The second-order valence-corrected chi connectivity index (χ2v) is 9.71. The third-order valence-corrected chi connectivity index (χ3v) is 5.38. The minimum Gasteiger partial charge on any atom is -0.493 e. The van der Waals surface area contributed by atoms with Crippen LogP contribution < -0.4 is 9.47 Å². The minimum absolute atomic E-state index is 0.0472. The zero-order chi connectivity index (χ0) is 25.8. The molecule has 0 unspecified atom stereocenters. The Hall–Kier alpha value is -3.88. The van der Waals surface area contributed by atoms with E-state index in [2.05, 4.69) is 55.3 Å². The van der Waals surface area contributed by atoms with E-state index in [-0.39, 0.29) is 29.1 Å². The molecule has 0 bridgehead atoms. The van der Waals surface area contributed by atoms with Crippen molar-refractivity contribution in [2.24, 2.45) is 0 Å². The van der Waals surface area contributed by atoms with Gasteiger partial charge in [-0.3, -0.25) is 0 Å². The molecule has 0 atom stereocenters. The normalized spacial score (nSPS) is 11.7. The van der Waals surface area contributed by atoms with Crippen molar-refractivity contribution in [1.29, 1.82) is 0 Å². The predicted octanol–water partition coefficient (Wildman–Crippen LogP) is 4.23. The van der Waals surface area contributed by atoms with Crippen LogP contribution in [0.1, 0.15) is 61.8 Å². The average Bonchev–Trinajstić information content (AvgIpc) is 3.24. The van der Waals surface area contributed by atoms with Gasteiger partial charge in [-0.15, -0.1) is 5.10 Å². The van der Waals surface area contributed by atoms with Gasteiger partial charge in [0.15, 0.2) is 17.1 Å². The molecular formula is C26H31N3O6. The first-order chi connectivity index (χ1) is 16.4. The fourth-order valence-corrected chi connectivity index (χ4v) is 3.20. The van der Waals surface area contributed by atoms with Gasteiger partial charge < -0.3 is 19.3 Å². The maximum absolute atomic E-state index is 12.5. The van der Waals surface area contributed by atoms with E-state index in [0.29, 0.717) is 12.2 Å². The van der Waals surface area contributed by atoms with Crippen molar-refractivity contribution in [3.8, 4) is 11.5 Å². The van der Waals surface area contributed by atoms with Crippen molar-refractivity contribution < 1.29 is 28.9 Å². The molecule has 1 N–H and O–H groups in total. The van der Waals surface area contributed by atoms with E-state index in [1.54, 1.807) is 10.9 Å². The van der Waals surface area contributed by atoms with Crippen molar-refractivity contribution in [2.45, 2.75) is 58.8 Å². The second-order valence-electron chi connectivity index (χ2n) is 9.71. The Morgan fingerprint density at radius 1 is 1.00 bits per heavy atom. The molecule has 0 amide bonds. The SMILES string of the molecule is COc1cc(C(=O)OCc2cn(Cc3ccc(C(C)(C)C)cc3)nn2)ccc1OC(C)(C)C(=O)O. The lowest BCUT2D eigenvalue weighted by atomic mass is 9.87. The van der Waals surface area contributed by atoms with Crippen molar-refractivity contribution in [3.05, 3.63) is 71.0 Å². The Morgan fingerprint density at radius 3 is 2.29 bits per heavy atom. The van der Waals surface area contributed by atoms with Crippen LogP contribution >= 0.6 is 0 Å². The molecule has 0 aliphatic heterocycles. The van der Waals surface area contributed by atoms with Gasteiger partial charge in [0, 0.05) is 0 Å². The summed E-state index contributed by atoms with van der Waals surface area (Å²) < 4.78 is 17.8. The van der Waals surface area contributed by atoms with Gasteiger partial charge >= 0.3 is 11.9 Å². The number of methoxy groups -OCH3 is 1. The molecule has 9 heteroatoms. The Labute approximate surface area is 204 Å². The lowest BCUT2D eigenvalue weighted by Gasteiger charge is -2.23. The molecule has 0 spiro atoms. The maximum atomic E-state index is 12.5. The molecular weight excluding hydrogens is 450 g/mol. The summed E-state index contributed by atoms with van der Waals surface area (Å²) in [6, 6.07) is 12.8. The average molecular weight is 482 g/mol. The number of nitrogens with zero attached hydrogens (tertiary/aromatic N) is 3. The maximum Gasteiger partial charge on any atom is 0.347 e. The third kappa shape index (κ3) is 6.59. The molecule has 1 heterocycles. The molecule has 2 aromatic carbocycles. The van der Waals surface area contributed by atoms with Crippen LogP contribution in [0.3, 0.4) is 0 Å². The highest BCUT2D eigenvalue weighted by Gasteiger charge is 2.30. The van der Waals surface area contributed by atoms with Gasteiger partial charge in [0.25, 0.3) is 0 Å². The van der Waals surface area contributed by atoms with Gasteiger partial charge in [-0.2, -0.15) is 0 Å². The van der Waals surface area contributed by atoms with E-state index in [1.165, 1.54) is 44.7 Å². The van der Waals surface area contributed by atoms with Crippen LogP contribution in [-0.2, 0) is 28.1 Å². The molecule has 0 aliphatic rings. The summed E-state index contributed by atoms with van der Waals surface area (Å²) in [5.41, 5.74) is 1.72. The smallest absolute Gasteiger partial charge is 0.347 e. The highest BCUT2D eigenvalue weighted by atomic mass is 16.5. The van der Waals surface area contributed by atoms with Crippen LogP contribution in [0.4, 0.5) is 0 Å². The van der Waals surface area contributed by atoms with Gasteiger partial charge in [0.2, 0.25) is 0 Å². The van der Waals surface area contributed by atoms with E-state index in [9.17, 15) is 14.7 Å². The Balaban J connectivity index is 1.60. The number of carboxylic acids is 1. The number of carbonyl (C=O) groups is 2. The number of hydrogen-bond acceptors (Lipinski definition) is 7. The largest absolute Gasteiger partial charge is 0.493 e. The molecule has 3 rings (SSSR count). The number of carboxylic acid groups (broad SMARTS) is 1. The van der Waals surface area contributed by atoms with E-state index < -0.39 is 17.5 Å². The monoisotopic (exact) mass is 481 g/mol. The molecule has 0 radical (unpaired) electrons. The van der Waals surface area contributed by atoms with Crippen LogP contribution in [0.15, 0.2) is 48.7 Å². The van der Waals surface area contributed by atoms with E-state index >= 15 is 0 Å². The van der Waals surface area contributed by atoms with E-state index in [4.69, 9.17) is 14.2 Å². The Kier molecular flexibility index (Phi) is 7.48. The number of benzene rings is 2. The fraction of sp³-hybridized carbons (Fsp3) is 0.385. The number of ether oxygens (including phenoxy) is 3. The second kappa shape index (κ2) is 10.2. The number of hydrogen-bond donors (Lipinski definition) is 1. The predicted molar refractivity (Wildman–Crippen MR) is 129 cm³/mol. The number of carbonyl (C=O) groups excluding carboxylic acids is 1. The lowest BCUT2D eigenvalue weighted by Crippen LogP contribution is -2.38. The lowest BCUT2D eigenvalue weighted by molar-refractivity contribution is -0.152. The first-order valence-electron chi connectivity index (χ1n) is 11.1. The molecule has 186 valence electrons. The van der Waals surface area contributed by atoms with E-state index in [0.717, 1.165) is 5.56 Å². The first-order valence-corrected chi connectivity index (χ1v) is 11.1. The molecule has 1 aromatic heterocycles. The third-order valence-electron chi connectivity index (χ3n) is 5.38. The molecule has 3 aromatic rings. The summed E-state index contributed by atoms with van der Waals surface area (Å²) in [7, 11) is 1.40. The number of rotatable bonds is 9. The summed E-state index contributed by atoms with van der Waals surface area (Å²) in [5, 5.41) is 17.4. The molecule has 0 aliphatic carbocycles. The summed E-state index contributed by atoms with van der Waals surface area (Å²) in [6.45, 7) is 9.86. The summed E-state index contributed by atoms with van der Waals surface area (Å²) >= 11 is 0. The molecule has 0 fully saturated rings. The van der Waals surface area contributed by atoms with Gasteiger partial charge in [0.1, 0.15) is 12.3 Å². The summed E-state index contributed by atoms with van der Waals surface area (Å²) in [4.78, 5) is 23.9. The summed E-state index contributed by atoms with van der Waals surface area (Å²) in [6.07, 6.45) is 1.73. The molecule has 0 saturated carbocycles. The van der Waals surface area contributed by atoms with Crippen molar-refractivity contribution in [2.75, 3.05) is 7.11 Å². The number of aromatic nitrogens is 3. The van der Waals surface area contributed by atoms with Crippen LogP contribution in [0.2, 0.25) is 0 Å². The number of esters is 1. The van der Waals surface area contributed by atoms with Crippen LogP contribution in [0.5, 0.6) is 11.5 Å². The van der Waals surface area contributed by atoms with Crippen LogP contribution in [0, 0.1) is 0 Å². The van der Waals surface area contributed by atoms with Gasteiger partial charge in [0.05, 0.1) is 25.4 Å². The highest BCUT2D eigenvalue weighted by Crippen LogP contribution is 2.31. The Morgan fingerprint density at radius 2 is 1.69 bits per heavy atom. The minimum atomic E-state index is -1.46. The molecule has 35 heavy (non-hydrogen) atoms. The van der Waals surface area contributed by atoms with Gasteiger partial charge in [-0.05, 0) is 48.6 Å². The van der Waals surface area contributed by atoms with Crippen LogP contribution in [-0.4, -0.2) is 44.7 Å². The zero-order valence-corrected chi connectivity index (χ0v) is 20.9. The van der Waals surface area contributed by atoms with Crippen molar-refractivity contribution >= 4 is 11.9 Å². The van der Waals surface area contributed by atoms with Crippen molar-refractivity contribution in [3.63, 3.8) is 0 Å². The molecule has 9 nitrogen and oxygen atoms in total. The van der Waals surface area contributed by atoms with Gasteiger partial charge in [-0.25, -0.2) is 14.3 Å². The summed E-state index contributed by atoms with van der Waals surface area (Å²) in [5.74, 6) is -1.29. The quantitative estimate of drug-likeness (QED) is 0.452. The van der Waals surface area contributed by atoms with E-state index in [1.807, 2.05) is 0 Å². The number of aliphatic carboxylic acids is 1. The van der Waals surface area contributed by atoms with Gasteiger partial charge in [-0.1, -0.05) is 50.3 Å². The topological polar surface area (TPSA) is 113 Å². The van der Waals surface area contributed by atoms with Crippen LogP contribution in [0.25, 0.3) is 0 Å². The fourth-order valence-electron chi connectivity index (χ4n) is 3.20. The zero-order valence-electron chi connectivity index (χ0n) is 20.9. The first kappa shape index (κ1) is 25.7. The van der Waals surface area contributed by atoms with Crippen molar-refractivity contribution in [1.82, 2.24) is 15.0 Å².